The van der Waals surface area contributed by atoms with Crippen molar-refractivity contribution < 1.29 is 9.90 Å². The Kier molecular flexibility index (Phi) is 5.65. The monoisotopic (exact) mass is 214 g/mol. The predicted molar refractivity (Wildman–Crippen MR) is 59.7 cm³/mol. The molecule has 1 unspecified atom stereocenters. The summed E-state index contributed by atoms with van der Waals surface area (Å²) >= 11 is 0. The molecule has 1 aliphatic carbocycles. The largest absolute Gasteiger partial charge is 0.481 e. The standard InChI is InChI=1S/C11H22N2O2/c12-9(7-11(14)15)8-13-10-5-3-1-2-4-6-10/h9-10,13H,1-8,12H2,(H,14,15). The third-order valence-corrected chi connectivity index (χ3v) is 2.96. The lowest BCUT2D eigenvalue weighted by atomic mass is 10.1. The van der Waals surface area contributed by atoms with Gasteiger partial charge in [0.25, 0.3) is 0 Å². The van der Waals surface area contributed by atoms with Crippen molar-refractivity contribution in [2.75, 3.05) is 6.54 Å². The van der Waals surface area contributed by atoms with Crippen LogP contribution in [0.25, 0.3) is 0 Å². The van der Waals surface area contributed by atoms with Crippen molar-refractivity contribution in [1.29, 1.82) is 0 Å². The van der Waals surface area contributed by atoms with Gasteiger partial charge in [0, 0.05) is 18.6 Å². The Morgan fingerprint density at radius 1 is 1.33 bits per heavy atom. The van der Waals surface area contributed by atoms with Gasteiger partial charge in [-0.3, -0.25) is 4.79 Å². The number of carbonyl (C=O) groups is 1. The third-order valence-electron chi connectivity index (χ3n) is 2.96. The molecule has 0 aromatic rings. The first-order chi connectivity index (χ1) is 7.18. The highest BCUT2D eigenvalue weighted by atomic mass is 16.4. The molecule has 15 heavy (non-hydrogen) atoms. The van der Waals surface area contributed by atoms with Gasteiger partial charge in [-0.2, -0.15) is 0 Å². The Hall–Kier alpha value is -0.610. The van der Waals surface area contributed by atoms with Crippen molar-refractivity contribution in [2.45, 2.75) is 57.0 Å². The van der Waals surface area contributed by atoms with Gasteiger partial charge in [-0.1, -0.05) is 25.7 Å². The van der Waals surface area contributed by atoms with Crippen LogP contribution >= 0.6 is 0 Å². The van der Waals surface area contributed by atoms with Crippen LogP contribution in [0.5, 0.6) is 0 Å². The lowest BCUT2D eigenvalue weighted by Crippen LogP contribution is -2.40. The molecule has 0 bridgehead atoms. The van der Waals surface area contributed by atoms with Gasteiger partial charge in [-0.05, 0) is 12.8 Å². The maximum Gasteiger partial charge on any atom is 0.304 e. The van der Waals surface area contributed by atoms with Crippen molar-refractivity contribution in [3.05, 3.63) is 0 Å². The molecule has 0 radical (unpaired) electrons. The summed E-state index contributed by atoms with van der Waals surface area (Å²) in [5.74, 6) is -0.815. The number of hydrogen-bond acceptors (Lipinski definition) is 3. The summed E-state index contributed by atoms with van der Waals surface area (Å²) in [6.07, 6.45) is 7.70. The highest BCUT2D eigenvalue weighted by Gasteiger charge is 2.14. The van der Waals surface area contributed by atoms with Gasteiger partial charge < -0.3 is 16.2 Å². The number of carboxylic acids is 1. The van der Waals surface area contributed by atoms with Crippen LogP contribution in [0, 0.1) is 0 Å². The summed E-state index contributed by atoms with van der Waals surface area (Å²) < 4.78 is 0. The zero-order chi connectivity index (χ0) is 11.1. The van der Waals surface area contributed by atoms with Gasteiger partial charge in [0.1, 0.15) is 0 Å². The molecule has 0 aliphatic heterocycles. The van der Waals surface area contributed by atoms with Gasteiger partial charge in [-0.25, -0.2) is 0 Å². The fourth-order valence-electron chi connectivity index (χ4n) is 2.10. The zero-order valence-electron chi connectivity index (χ0n) is 9.24. The van der Waals surface area contributed by atoms with Crippen molar-refractivity contribution >= 4 is 5.97 Å². The van der Waals surface area contributed by atoms with Crippen LogP contribution in [-0.4, -0.2) is 29.7 Å². The predicted octanol–water partition coefficient (Wildman–Crippen LogP) is 1.10. The molecule has 1 atom stereocenters. The summed E-state index contributed by atoms with van der Waals surface area (Å²) in [7, 11) is 0. The van der Waals surface area contributed by atoms with Gasteiger partial charge >= 0.3 is 5.97 Å². The molecular formula is C11H22N2O2. The Morgan fingerprint density at radius 2 is 1.93 bits per heavy atom. The second-order valence-corrected chi connectivity index (χ2v) is 4.45. The molecule has 0 aromatic heterocycles. The molecule has 4 heteroatoms. The molecule has 0 saturated heterocycles. The molecule has 1 aliphatic rings. The van der Waals surface area contributed by atoms with Crippen molar-refractivity contribution in [1.82, 2.24) is 5.32 Å². The molecule has 4 nitrogen and oxygen atoms in total. The van der Waals surface area contributed by atoms with Crippen LogP contribution in [0.1, 0.15) is 44.9 Å². The van der Waals surface area contributed by atoms with Gasteiger partial charge in [-0.15, -0.1) is 0 Å². The van der Waals surface area contributed by atoms with E-state index in [4.69, 9.17) is 10.8 Å². The summed E-state index contributed by atoms with van der Waals surface area (Å²) in [4.78, 5) is 10.4. The molecular weight excluding hydrogens is 192 g/mol. The minimum Gasteiger partial charge on any atom is -0.481 e. The Labute approximate surface area is 91.2 Å². The Morgan fingerprint density at radius 3 is 2.47 bits per heavy atom. The summed E-state index contributed by atoms with van der Waals surface area (Å²) in [6.45, 7) is 0.622. The van der Waals surface area contributed by atoms with Crippen LogP contribution in [0.3, 0.4) is 0 Å². The van der Waals surface area contributed by atoms with Gasteiger partial charge in [0.05, 0.1) is 6.42 Å². The van der Waals surface area contributed by atoms with Gasteiger partial charge in [0.2, 0.25) is 0 Å². The number of rotatable bonds is 5. The van der Waals surface area contributed by atoms with E-state index in [1.165, 1.54) is 38.5 Å². The van der Waals surface area contributed by atoms with Crippen LogP contribution < -0.4 is 11.1 Å². The molecule has 0 aromatic carbocycles. The van der Waals surface area contributed by atoms with E-state index in [0.29, 0.717) is 12.6 Å². The summed E-state index contributed by atoms with van der Waals surface area (Å²) in [5.41, 5.74) is 5.69. The minimum atomic E-state index is -0.815. The van der Waals surface area contributed by atoms with Gasteiger partial charge in [0.15, 0.2) is 0 Å². The van der Waals surface area contributed by atoms with E-state index in [1.54, 1.807) is 0 Å². The minimum absolute atomic E-state index is 0.0553. The van der Waals surface area contributed by atoms with Crippen molar-refractivity contribution in [3.8, 4) is 0 Å². The second-order valence-electron chi connectivity index (χ2n) is 4.45. The number of nitrogens with one attached hydrogen (secondary N) is 1. The average molecular weight is 214 g/mol. The maximum absolute atomic E-state index is 10.4. The molecule has 0 amide bonds. The fraction of sp³-hybridized carbons (Fsp3) is 0.909. The molecule has 1 saturated carbocycles. The van der Waals surface area contributed by atoms with E-state index in [2.05, 4.69) is 5.32 Å². The Balaban J connectivity index is 2.14. The summed E-state index contributed by atoms with van der Waals surface area (Å²) in [5, 5.41) is 11.9. The fourth-order valence-corrected chi connectivity index (χ4v) is 2.10. The summed E-state index contributed by atoms with van der Waals surface area (Å²) in [6, 6.07) is 0.290. The van der Waals surface area contributed by atoms with E-state index in [0.717, 1.165) is 0 Å². The van der Waals surface area contributed by atoms with E-state index in [1.807, 2.05) is 0 Å². The highest BCUT2D eigenvalue weighted by Crippen LogP contribution is 2.16. The van der Waals surface area contributed by atoms with E-state index in [9.17, 15) is 4.79 Å². The number of aliphatic carboxylic acids is 1. The molecule has 1 fully saturated rings. The molecule has 88 valence electrons. The molecule has 4 N–H and O–H groups in total. The van der Waals surface area contributed by atoms with Crippen LogP contribution in [0.2, 0.25) is 0 Å². The SMILES string of the molecule is NC(CNC1CCCCCC1)CC(=O)O. The van der Waals surface area contributed by atoms with Crippen LogP contribution in [0.15, 0.2) is 0 Å². The maximum atomic E-state index is 10.4. The van der Waals surface area contributed by atoms with E-state index < -0.39 is 5.97 Å². The zero-order valence-corrected chi connectivity index (χ0v) is 9.24. The molecule has 1 rings (SSSR count). The van der Waals surface area contributed by atoms with Crippen LogP contribution in [0.4, 0.5) is 0 Å². The van der Waals surface area contributed by atoms with Crippen LogP contribution in [-0.2, 0) is 4.79 Å². The number of nitrogens with two attached hydrogens (primary N) is 1. The molecule has 0 heterocycles. The first kappa shape index (κ1) is 12.5. The van der Waals surface area contributed by atoms with Crippen molar-refractivity contribution in [2.24, 2.45) is 5.73 Å². The quantitative estimate of drug-likeness (QED) is 0.599. The first-order valence-electron chi connectivity index (χ1n) is 5.89. The number of hydrogen-bond donors (Lipinski definition) is 3. The lowest BCUT2D eigenvalue weighted by molar-refractivity contribution is -0.137. The average Bonchev–Trinajstić information content (AvgIpc) is 2.41. The third kappa shape index (κ3) is 5.74. The highest BCUT2D eigenvalue weighted by molar-refractivity contribution is 5.67. The normalized spacial score (nSPS) is 20.9. The van der Waals surface area contributed by atoms with E-state index >= 15 is 0 Å². The second kappa shape index (κ2) is 6.80. The van der Waals surface area contributed by atoms with Crippen molar-refractivity contribution in [3.63, 3.8) is 0 Å². The number of carboxylic acid groups (broad SMARTS) is 1. The smallest absolute Gasteiger partial charge is 0.304 e. The van der Waals surface area contributed by atoms with E-state index in [-0.39, 0.29) is 12.5 Å². The lowest BCUT2D eigenvalue weighted by Gasteiger charge is -2.18. The first-order valence-corrected chi connectivity index (χ1v) is 5.89. The molecule has 0 spiro atoms. The topological polar surface area (TPSA) is 75.3 Å². The Bertz CT molecular complexity index is 189.